The van der Waals surface area contributed by atoms with E-state index in [1.165, 1.54) is 7.11 Å². The Hall–Kier alpha value is -2.27. The van der Waals surface area contributed by atoms with E-state index in [4.69, 9.17) is 4.74 Å². The molecular weight excluding hydrogens is 242 g/mol. The highest BCUT2D eigenvalue weighted by atomic mass is 16.5. The van der Waals surface area contributed by atoms with Crippen molar-refractivity contribution in [2.24, 2.45) is 0 Å². The molecule has 0 saturated carbocycles. The smallest absolute Gasteiger partial charge is 0.259 e. The molecule has 0 unspecified atom stereocenters. The third kappa shape index (κ3) is 3.35. The Bertz CT molecular complexity index is 558. The molecule has 0 aliphatic heterocycles. The Morgan fingerprint density at radius 1 is 1.26 bits per heavy atom. The minimum Gasteiger partial charge on any atom is -0.367 e. The molecule has 0 saturated heterocycles. The Morgan fingerprint density at radius 2 is 2.00 bits per heavy atom. The lowest BCUT2D eigenvalue weighted by Crippen LogP contribution is -2.23. The number of rotatable bonds is 4. The zero-order chi connectivity index (χ0) is 13.7. The van der Waals surface area contributed by atoms with Crippen LogP contribution in [0.2, 0.25) is 0 Å². The Labute approximate surface area is 111 Å². The number of hydrogen-bond acceptors (Lipinski definition) is 4. The number of nitrogens with zero attached hydrogens (tertiary/aromatic N) is 2. The predicted molar refractivity (Wildman–Crippen MR) is 71.6 cm³/mol. The molecule has 0 bridgehead atoms. The Balaban J connectivity index is 2.14. The maximum absolute atomic E-state index is 12.2. The number of anilines is 1. The first-order chi connectivity index (χ1) is 9.20. The summed E-state index contributed by atoms with van der Waals surface area (Å²) in [6.07, 6.45) is 0.943. The number of aryl methyl sites for hydroxylation is 1. The largest absolute Gasteiger partial charge is 0.367 e. The normalized spacial score (nSPS) is 11.9. The van der Waals surface area contributed by atoms with Crippen molar-refractivity contribution < 1.29 is 9.53 Å². The maximum Gasteiger partial charge on any atom is 0.259 e. The summed E-state index contributed by atoms with van der Waals surface area (Å²) in [6, 6.07) is 11.0. The molecule has 19 heavy (non-hydrogen) atoms. The second-order valence-corrected chi connectivity index (χ2v) is 4.00. The molecule has 0 aliphatic carbocycles. The van der Waals surface area contributed by atoms with Crippen molar-refractivity contribution in [3.8, 4) is 0 Å². The van der Waals surface area contributed by atoms with Crippen LogP contribution in [-0.2, 0) is 9.53 Å². The molecule has 0 fully saturated rings. The Morgan fingerprint density at radius 3 is 2.63 bits per heavy atom. The average molecular weight is 257 g/mol. The molecule has 1 amide bonds. The lowest BCUT2D eigenvalue weighted by Gasteiger charge is -2.15. The fourth-order valence-corrected chi connectivity index (χ4v) is 1.74. The number of aromatic nitrogens is 2. The first kappa shape index (κ1) is 13.2. The van der Waals surface area contributed by atoms with Gasteiger partial charge in [-0.15, -0.1) is 0 Å². The first-order valence-corrected chi connectivity index (χ1v) is 5.89. The van der Waals surface area contributed by atoms with E-state index >= 15 is 0 Å². The second kappa shape index (κ2) is 6.06. The maximum atomic E-state index is 12.2. The van der Waals surface area contributed by atoms with E-state index in [1.807, 2.05) is 30.3 Å². The van der Waals surface area contributed by atoms with Gasteiger partial charge in [-0.25, -0.2) is 9.97 Å². The van der Waals surface area contributed by atoms with Gasteiger partial charge < -0.3 is 10.1 Å². The van der Waals surface area contributed by atoms with Crippen LogP contribution in [0.25, 0.3) is 0 Å². The highest BCUT2D eigenvalue weighted by molar-refractivity contribution is 5.94. The molecule has 0 aliphatic rings. The summed E-state index contributed by atoms with van der Waals surface area (Å²) >= 11 is 0. The number of carbonyl (C=O) groups excluding carboxylic acids is 1. The minimum absolute atomic E-state index is 0.258. The number of ether oxygens (including phenoxy) is 1. The van der Waals surface area contributed by atoms with Gasteiger partial charge in [-0.3, -0.25) is 4.79 Å². The van der Waals surface area contributed by atoms with Crippen LogP contribution in [0.5, 0.6) is 0 Å². The zero-order valence-corrected chi connectivity index (χ0v) is 10.8. The fourth-order valence-electron chi connectivity index (χ4n) is 1.74. The molecular formula is C14H15N3O2. The van der Waals surface area contributed by atoms with Crippen LogP contribution in [0.3, 0.4) is 0 Å². The van der Waals surface area contributed by atoms with Crippen LogP contribution >= 0.6 is 0 Å². The zero-order valence-electron chi connectivity index (χ0n) is 10.8. The monoisotopic (exact) mass is 257 g/mol. The van der Waals surface area contributed by atoms with Gasteiger partial charge in [-0.1, -0.05) is 30.3 Å². The van der Waals surface area contributed by atoms with Crippen LogP contribution in [0, 0.1) is 6.92 Å². The molecule has 2 aromatic rings. The van der Waals surface area contributed by atoms with E-state index < -0.39 is 6.10 Å². The van der Waals surface area contributed by atoms with Gasteiger partial charge in [-0.2, -0.15) is 0 Å². The highest BCUT2D eigenvalue weighted by Gasteiger charge is 2.20. The van der Waals surface area contributed by atoms with Crippen LogP contribution in [-0.4, -0.2) is 23.0 Å². The van der Waals surface area contributed by atoms with Crippen LogP contribution in [0.15, 0.2) is 42.6 Å². The summed E-state index contributed by atoms with van der Waals surface area (Å²) in [5.41, 5.74) is 0.799. The minimum atomic E-state index is -0.656. The van der Waals surface area contributed by atoms with Crippen LogP contribution in [0.4, 0.5) is 5.82 Å². The first-order valence-electron chi connectivity index (χ1n) is 5.89. The van der Waals surface area contributed by atoms with Crippen molar-refractivity contribution in [3.63, 3.8) is 0 Å². The highest BCUT2D eigenvalue weighted by Crippen LogP contribution is 2.18. The third-order valence-corrected chi connectivity index (χ3v) is 2.60. The molecule has 5 nitrogen and oxygen atoms in total. The van der Waals surface area contributed by atoms with Gasteiger partial charge in [-0.05, 0) is 18.6 Å². The van der Waals surface area contributed by atoms with E-state index in [0.29, 0.717) is 11.6 Å². The summed E-state index contributed by atoms with van der Waals surface area (Å²) in [5, 5.41) is 2.72. The summed E-state index contributed by atoms with van der Waals surface area (Å²) in [6.45, 7) is 1.76. The van der Waals surface area contributed by atoms with E-state index in [9.17, 15) is 4.79 Å². The Kier molecular flexibility index (Phi) is 4.20. The predicted octanol–water partition coefficient (Wildman–Crippen LogP) is 2.11. The third-order valence-electron chi connectivity index (χ3n) is 2.60. The molecule has 0 radical (unpaired) electrons. The SMILES string of the molecule is CO[C@@H](C(=O)Nc1ccnc(C)n1)c1ccccc1. The standard InChI is InChI=1S/C14H15N3O2/c1-10-15-9-8-12(16-10)17-14(18)13(19-2)11-6-4-3-5-7-11/h3-9,13H,1-2H3,(H,15,16,17,18)/t13-/m1/s1. The number of hydrogen-bond donors (Lipinski definition) is 1. The van der Waals surface area contributed by atoms with Crippen LogP contribution < -0.4 is 5.32 Å². The summed E-state index contributed by atoms with van der Waals surface area (Å²) < 4.78 is 5.25. The molecule has 2 rings (SSSR count). The van der Waals surface area contributed by atoms with Crippen molar-refractivity contribution in [2.45, 2.75) is 13.0 Å². The van der Waals surface area contributed by atoms with Crippen molar-refractivity contribution in [1.29, 1.82) is 0 Å². The number of benzene rings is 1. The second-order valence-electron chi connectivity index (χ2n) is 4.00. The fraction of sp³-hybridized carbons (Fsp3) is 0.214. The van der Waals surface area contributed by atoms with Gasteiger partial charge in [0.2, 0.25) is 0 Å². The van der Waals surface area contributed by atoms with Crippen molar-refractivity contribution >= 4 is 11.7 Å². The van der Waals surface area contributed by atoms with Gasteiger partial charge >= 0.3 is 0 Å². The van der Waals surface area contributed by atoms with Gasteiger partial charge in [0, 0.05) is 13.3 Å². The van der Waals surface area contributed by atoms with Crippen molar-refractivity contribution in [1.82, 2.24) is 9.97 Å². The molecule has 1 N–H and O–H groups in total. The number of amides is 1. The average Bonchev–Trinajstić information content (AvgIpc) is 2.41. The van der Waals surface area contributed by atoms with E-state index in [0.717, 1.165) is 5.56 Å². The van der Waals surface area contributed by atoms with Crippen molar-refractivity contribution in [2.75, 3.05) is 12.4 Å². The topological polar surface area (TPSA) is 64.1 Å². The molecule has 5 heteroatoms. The lowest BCUT2D eigenvalue weighted by molar-refractivity contribution is -0.126. The number of nitrogens with one attached hydrogen (secondary N) is 1. The number of carbonyl (C=O) groups is 1. The molecule has 1 aromatic carbocycles. The van der Waals surface area contributed by atoms with Gasteiger partial charge in [0.05, 0.1) is 0 Å². The molecule has 1 atom stereocenters. The van der Waals surface area contributed by atoms with E-state index in [2.05, 4.69) is 15.3 Å². The summed E-state index contributed by atoms with van der Waals surface area (Å²) in [5.74, 6) is 0.814. The van der Waals surface area contributed by atoms with E-state index in [1.54, 1.807) is 19.2 Å². The molecule has 1 heterocycles. The molecule has 1 aromatic heterocycles. The van der Waals surface area contributed by atoms with Crippen molar-refractivity contribution in [3.05, 3.63) is 54.0 Å². The van der Waals surface area contributed by atoms with Crippen LogP contribution in [0.1, 0.15) is 17.5 Å². The van der Waals surface area contributed by atoms with Gasteiger partial charge in [0.25, 0.3) is 5.91 Å². The van der Waals surface area contributed by atoms with E-state index in [-0.39, 0.29) is 5.91 Å². The summed E-state index contributed by atoms with van der Waals surface area (Å²) in [7, 11) is 1.50. The number of methoxy groups -OCH3 is 1. The quantitative estimate of drug-likeness (QED) is 0.911. The lowest BCUT2D eigenvalue weighted by atomic mass is 10.1. The van der Waals surface area contributed by atoms with Gasteiger partial charge in [0.15, 0.2) is 6.10 Å². The summed E-state index contributed by atoms with van der Waals surface area (Å²) in [4.78, 5) is 20.3. The van der Waals surface area contributed by atoms with Gasteiger partial charge in [0.1, 0.15) is 11.6 Å². The molecule has 0 spiro atoms. The molecule has 98 valence electrons.